The number of carbonyl (C=O) groups excluding carboxylic acids is 3. The standard InChI is InChI=1S/C10H17N5O3/c1-12-5-6-13(2)10(12)7(16)14(3)9(18)15(10,4)8(11)17/h5-6H2,1-4H3,(H-,11,17)/p+1. The lowest BCUT2D eigenvalue weighted by Gasteiger charge is -2.41. The fraction of sp³-hybridized carbons (Fsp3) is 0.700. The van der Waals surface area contributed by atoms with Gasteiger partial charge in [-0.25, -0.2) is 24.3 Å². The van der Waals surface area contributed by atoms with Crippen LogP contribution in [0.15, 0.2) is 0 Å². The van der Waals surface area contributed by atoms with Gasteiger partial charge in [0.25, 0.3) is 0 Å². The third-order valence-corrected chi connectivity index (χ3v) is 4.16. The summed E-state index contributed by atoms with van der Waals surface area (Å²) in [5.41, 5.74) is 5.41. The van der Waals surface area contributed by atoms with E-state index in [2.05, 4.69) is 0 Å². The normalized spacial score (nSPS) is 32.8. The number of quaternary nitrogens is 1. The number of likely N-dealkylation sites (N-methyl/N-ethyl adjacent to an activating group) is 4. The van der Waals surface area contributed by atoms with Crippen LogP contribution in [-0.2, 0) is 4.79 Å². The van der Waals surface area contributed by atoms with E-state index in [1.54, 1.807) is 23.9 Å². The van der Waals surface area contributed by atoms with Crippen molar-refractivity contribution in [2.45, 2.75) is 5.79 Å². The molecule has 1 spiro atoms. The summed E-state index contributed by atoms with van der Waals surface area (Å²) in [6.07, 6.45) is 0. The van der Waals surface area contributed by atoms with Crippen LogP contribution in [0.1, 0.15) is 0 Å². The quantitative estimate of drug-likeness (QED) is 0.427. The zero-order chi connectivity index (χ0) is 13.9. The van der Waals surface area contributed by atoms with Crippen LogP contribution in [-0.4, -0.2) is 84.2 Å². The third kappa shape index (κ3) is 1.03. The molecule has 5 amide bonds. The summed E-state index contributed by atoms with van der Waals surface area (Å²) in [5, 5.41) is 0. The van der Waals surface area contributed by atoms with Gasteiger partial charge in [-0.15, -0.1) is 4.48 Å². The molecule has 18 heavy (non-hydrogen) atoms. The van der Waals surface area contributed by atoms with Crippen LogP contribution in [0.2, 0.25) is 0 Å². The second-order valence-electron chi connectivity index (χ2n) is 4.97. The van der Waals surface area contributed by atoms with Crippen LogP contribution in [0.25, 0.3) is 0 Å². The number of hydrogen-bond acceptors (Lipinski definition) is 5. The van der Waals surface area contributed by atoms with Crippen LogP contribution in [0.4, 0.5) is 9.59 Å². The summed E-state index contributed by atoms with van der Waals surface area (Å²) < 4.78 is -0.769. The Hall–Kier alpha value is -1.51. The van der Waals surface area contributed by atoms with Gasteiger partial charge in [0.05, 0.1) is 7.05 Å². The fourth-order valence-corrected chi connectivity index (χ4v) is 3.10. The van der Waals surface area contributed by atoms with Crippen molar-refractivity contribution in [3.63, 3.8) is 0 Å². The van der Waals surface area contributed by atoms with Crippen molar-refractivity contribution in [2.75, 3.05) is 41.3 Å². The summed E-state index contributed by atoms with van der Waals surface area (Å²) in [5.74, 6) is -1.77. The average molecular weight is 256 g/mol. The molecule has 2 N–H and O–H groups in total. The molecule has 2 heterocycles. The van der Waals surface area contributed by atoms with E-state index in [9.17, 15) is 14.4 Å². The molecule has 0 saturated carbocycles. The Bertz CT molecular complexity index is 441. The van der Waals surface area contributed by atoms with Gasteiger partial charge >= 0.3 is 23.8 Å². The fourth-order valence-electron chi connectivity index (χ4n) is 3.10. The molecule has 0 aromatic rings. The van der Waals surface area contributed by atoms with Crippen molar-refractivity contribution >= 4 is 18.0 Å². The van der Waals surface area contributed by atoms with Gasteiger partial charge in [-0.3, -0.25) is 4.79 Å². The predicted molar refractivity (Wildman–Crippen MR) is 61.9 cm³/mol. The second-order valence-corrected chi connectivity index (χ2v) is 4.97. The van der Waals surface area contributed by atoms with Gasteiger partial charge in [0.2, 0.25) is 0 Å². The monoisotopic (exact) mass is 256 g/mol. The molecule has 2 aliphatic heterocycles. The molecule has 2 fully saturated rings. The molecule has 1 unspecified atom stereocenters. The molecule has 1 atom stereocenters. The number of urea groups is 2. The maximum atomic E-state index is 12.5. The first-order valence-electron chi connectivity index (χ1n) is 5.64. The lowest BCUT2D eigenvalue weighted by atomic mass is 10.2. The van der Waals surface area contributed by atoms with Crippen LogP contribution < -0.4 is 5.73 Å². The number of hydrogen-bond donors (Lipinski definition) is 1. The van der Waals surface area contributed by atoms with Gasteiger partial charge in [-0.05, 0) is 14.1 Å². The summed E-state index contributed by atoms with van der Waals surface area (Å²) in [6.45, 7) is 1.18. The van der Waals surface area contributed by atoms with Gasteiger partial charge in [-0.2, -0.15) is 0 Å². The van der Waals surface area contributed by atoms with E-state index in [4.69, 9.17) is 5.73 Å². The zero-order valence-corrected chi connectivity index (χ0v) is 11.0. The van der Waals surface area contributed by atoms with Crippen molar-refractivity contribution in [2.24, 2.45) is 5.73 Å². The highest BCUT2D eigenvalue weighted by Gasteiger charge is 2.77. The lowest BCUT2D eigenvalue weighted by molar-refractivity contribution is -0.817. The molecule has 0 radical (unpaired) electrons. The molecule has 2 rings (SSSR count). The minimum Gasteiger partial charge on any atom is -0.318 e. The second kappa shape index (κ2) is 3.50. The number of rotatable bonds is 0. The maximum Gasteiger partial charge on any atom is 0.437 e. The number of amides is 5. The van der Waals surface area contributed by atoms with E-state index in [-0.39, 0.29) is 0 Å². The number of nitrogens with zero attached hydrogens (tertiary/aromatic N) is 4. The topological polar surface area (TPSA) is 86.9 Å². The smallest absolute Gasteiger partial charge is 0.318 e. The predicted octanol–water partition coefficient (Wildman–Crippen LogP) is -1.37. The number of primary amides is 1. The largest absolute Gasteiger partial charge is 0.437 e. The maximum absolute atomic E-state index is 12.5. The number of imide groups is 2. The molecule has 2 saturated heterocycles. The molecule has 100 valence electrons. The first kappa shape index (κ1) is 12.9. The third-order valence-electron chi connectivity index (χ3n) is 4.16. The first-order chi connectivity index (χ1) is 8.22. The van der Waals surface area contributed by atoms with Crippen molar-refractivity contribution in [3.05, 3.63) is 0 Å². The van der Waals surface area contributed by atoms with E-state index in [0.717, 1.165) is 4.90 Å². The van der Waals surface area contributed by atoms with E-state index in [0.29, 0.717) is 13.1 Å². The van der Waals surface area contributed by atoms with Gasteiger partial charge in [0.1, 0.15) is 0 Å². The zero-order valence-electron chi connectivity index (χ0n) is 11.0. The van der Waals surface area contributed by atoms with E-state index in [1.165, 1.54) is 14.1 Å². The molecule has 8 nitrogen and oxygen atoms in total. The molecule has 8 heteroatoms. The van der Waals surface area contributed by atoms with Crippen LogP contribution >= 0.6 is 0 Å². The minimum atomic E-state index is -1.35. The number of nitrogens with two attached hydrogens (primary N) is 1. The Balaban J connectivity index is 2.73. The lowest BCUT2D eigenvalue weighted by Crippen LogP contribution is -2.75. The summed E-state index contributed by atoms with van der Waals surface area (Å²) in [7, 11) is 6.20. The Morgan fingerprint density at radius 1 is 1.22 bits per heavy atom. The highest BCUT2D eigenvalue weighted by Crippen LogP contribution is 2.40. The van der Waals surface area contributed by atoms with E-state index < -0.39 is 28.2 Å². The van der Waals surface area contributed by atoms with Crippen LogP contribution in [0.5, 0.6) is 0 Å². The highest BCUT2D eigenvalue weighted by atomic mass is 16.2. The molecule has 0 aliphatic carbocycles. The van der Waals surface area contributed by atoms with Gasteiger partial charge in [0, 0.05) is 20.1 Å². The minimum absolute atomic E-state index is 0.420. The molecular formula is C10H18N5O3+. The molecule has 0 aromatic carbocycles. The van der Waals surface area contributed by atoms with E-state index >= 15 is 0 Å². The van der Waals surface area contributed by atoms with Gasteiger partial charge < -0.3 is 5.73 Å². The average Bonchev–Trinajstić information content (AvgIpc) is 2.68. The highest BCUT2D eigenvalue weighted by molar-refractivity contribution is 6.05. The SMILES string of the molecule is CN1C(=O)C2(N(C)CCN2C)[N+](C)(C(N)=O)C1=O. The van der Waals surface area contributed by atoms with Crippen LogP contribution in [0.3, 0.4) is 0 Å². The summed E-state index contributed by atoms with van der Waals surface area (Å²) in [4.78, 5) is 40.9. The summed E-state index contributed by atoms with van der Waals surface area (Å²) in [6, 6.07) is -1.44. The molecule has 0 aromatic heterocycles. The summed E-state index contributed by atoms with van der Waals surface area (Å²) >= 11 is 0. The van der Waals surface area contributed by atoms with E-state index in [1.807, 2.05) is 0 Å². The Labute approximate surface area is 105 Å². The Morgan fingerprint density at radius 3 is 2.06 bits per heavy atom. The van der Waals surface area contributed by atoms with Crippen molar-refractivity contribution in [1.29, 1.82) is 0 Å². The number of carbonyl (C=O) groups is 3. The molecule has 0 bridgehead atoms. The van der Waals surface area contributed by atoms with Crippen molar-refractivity contribution < 1.29 is 18.9 Å². The Kier molecular flexibility index (Phi) is 2.51. The van der Waals surface area contributed by atoms with Gasteiger partial charge in [-0.1, -0.05) is 0 Å². The van der Waals surface area contributed by atoms with Crippen LogP contribution in [0, 0.1) is 0 Å². The van der Waals surface area contributed by atoms with Crippen molar-refractivity contribution in [1.82, 2.24) is 14.7 Å². The van der Waals surface area contributed by atoms with Gasteiger partial charge in [0.15, 0.2) is 0 Å². The van der Waals surface area contributed by atoms with Crippen molar-refractivity contribution in [3.8, 4) is 0 Å². The molecule has 2 aliphatic rings. The first-order valence-corrected chi connectivity index (χ1v) is 5.64. The Morgan fingerprint density at radius 2 is 1.67 bits per heavy atom. The molecular weight excluding hydrogens is 238 g/mol.